The van der Waals surface area contributed by atoms with E-state index in [1.807, 2.05) is 24.3 Å². The van der Waals surface area contributed by atoms with Crippen LogP contribution in [0.5, 0.6) is 0 Å². The second kappa shape index (κ2) is 4.39. The van der Waals surface area contributed by atoms with Gasteiger partial charge in [0, 0.05) is 6.54 Å². The van der Waals surface area contributed by atoms with Crippen molar-refractivity contribution in [1.82, 2.24) is 4.57 Å². The number of hydrogen-bond donors (Lipinski definition) is 0. The van der Waals surface area contributed by atoms with E-state index in [0.29, 0.717) is 12.1 Å². The maximum absolute atomic E-state index is 11.6. The molecule has 0 aliphatic rings. The number of aromatic nitrogens is 1. The molecule has 0 saturated heterocycles. The molecule has 3 heteroatoms. The first kappa shape index (κ1) is 10.7. The minimum atomic E-state index is -0.275. The van der Waals surface area contributed by atoms with Crippen molar-refractivity contribution in [3.05, 3.63) is 46.5 Å². The van der Waals surface area contributed by atoms with Crippen LogP contribution in [0.15, 0.2) is 45.1 Å². The van der Waals surface area contributed by atoms with Crippen LogP contribution in [0.3, 0.4) is 0 Å². The van der Waals surface area contributed by atoms with Crippen molar-refractivity contribution < 1.29 is 4.42 Å². The quantitative estimate of drug-likeness (QED) is 0.741. The first-order valence-corrected chi connectivity index (χ1v) is 5.40. The first-order valence-electron chi connectivity index (χ1n) is 5.40. The molecule has 2 aromatic rings. The van der Waals surface area contributed by atoms with Crippen LogP contribution in [0.25, 0.3) is 11.1 Å². The molecular formula is C13H15NO2. The van der Waals surface area contributed by atoms with Crippen LogP contribution < -0.4 is 5.76 Å². The van der Waals surface area contributed by atoms with E-state index in [0.717, 1.165) is 11.9 Å². The summed E-state index contributed by atoms with van der Waals surface area (Å²) in [4.78, 5) is 11.6. The SMILES string of the molecule is CC(C)=CCCn1c(=O)oc2ccccc21. The van der Waals surface area contributed by atoms with E-state index < -0.39 is 0 Å². The Kier molecular flexibility index (Phi) is 2.95. The van der Waals surface area contributed by atoms with Gasteiger partial charge in [0.15, 0.2) is 5.58 Å². The molecule has 0 bridgehead atoms. The number of nitrogens with zero attached hydrogens (tertiary/aromatic N) is 1. The zero-order valence-electron chi connectivity index (χ0n) is 9.56. The molecule has 3 nitrogen and oxygen atoms in total. The third kappa shape index (κ3) is 2.08. The smallest absolute Gasteiger partial charge is 0.408 e. The average molecular weight is 217 g/mol. The maximum atomic E-state index is 11.6. The number of oxazole rings is 1. The van der Waals surface area contributed by atoms with Gasteiger partial charge in [-0.2, -0.15) is 0 Å². The van der Waals surface area contributed by atoms with Gasteiger partial charge in [-0.1, -0.05) is 23.8 Å². The summed E-state index contributed by atoms with van der Waals surface area (Å²) in [6.45, 7) is 4.77. The highest BCUT2D eigenvalue weighted by molar-refractivity contribution is 5.72. The Hall–Kier alpha value is -1.77. The molecule has 1 aromatic carbocycles. The third-order valence-corrected chi connectivity index (χ3v) is 2.48. The molecule has 1 aromatic heterocycles. The fourth-order valence-electron chi connectivity index (χ4n) is 1.71. The van der Waals surface area contributed by atoms with E-state index in [9.17, 15) is 4.79 Å². The van der Waals surface area contributed by atoms with Gasteiger partial charge >= 0.3 is 5.76 Å². The number of fused-ring (bicyclic) bond motifs is 1. The van der Waals surface area contributed by atoms with Crippen molar-refractivity contribution in [3.8, 4) is 0 Å². The largest absolute Gasteiger partial charge is 0.419 e. The zero-order valence-corrected chi connectivity index (χ0v) is 9.56. The molecule has 0 spiro atoms. The Morgan fingerprint density at radius 1 is 1.38 bits per heavy atom. The standard InChI is InChI=1S/C13H15NO2/c1-10(2)6-5-9-14-11-7-3-4-8-12(11)16-13(14)15/h3-4,6-8H,5,9H2,1-2H3. The Morgan fingerprint density at radius 2 is 2.12 bits per heavy atom. The van der Waals surface area contributed by atoms with Crippen molar-refractivity contribution in [2.24, 2.45) is 0 Å². The molecule has 2 rings (SSSR count). The summed E-state index contributed by atoms with van der Waals surface area (Å²) in [5, 5.41) is 0. The number of allylic oxidation sites excluding steroid dienone is 2. The van der Waals surface area contributed by atoms with Crippen molar-refractivity contribution in [2.45, 2.75) is 26.8 Å². The maximum Gasteiger partial charge on any atom is 0.419 e. The average Bonchev–Trinajstić information content (AvgIpc) is 2.55. The van der Waals surface area contributed by atoms with Gasteiger partial charge in [0.25, 0.3) is 0 Å². The molecule has 1 heterocycles. The lowest BCUT2D eigenvalue weighted by molar-refractivity contribution is 0.506. The summed E-state index contributed by atoms with van der Waals surface area (Å²) in [5.41, 5.74) is 2.79. The predicted octanol–water partition coefficient (Wildman–Crippen LogP) is 2.95. The van der Waals surface area contributed by atoms with E-state index in [4.69, 9.17) is 4.42 Å². The summed E-state index contributed by atoms with van der Waals surface area (Å²) in [5.74, 6) is -0.275. The normalized spacial score (nSPS) is 10.6. The van der Waals surface area contributed by atoms with Crippen molar-refractivity contribution in [2.75, 3.05) is 0 Å². The molecular weight excluding hydrogens is 202 g/mol. The monoisotopic (exact) mass is 217 g/mol. The molecule has 0 fully saturated rings. The number of rotatable bonds is 3. The van der Waals surface area contributed by atoms with Crippen LogP contribution >= 0.6 is 0 Å². The van der Waals surface area contributed by atoms with Crippen LogP contribution in [0, 0.1) is 0 Å². The summed E-state index contributed by atoms with van der Waals surface area (Å²) in [6, 6.07) is 7.50. The fraction of sp³-hybridized carbons (Fsp3) is 0.308. The van der Waals surface area contributed by atoms with Gasteiger partial charge < -0.3 is 4.42 Å². The Morgan fingerprint density at radius 3 is 2.88 bits per heavy atom. The van der Waals surface area contributed by atoms with Gasteiger partial charge in [0.1, 0.15) is 0 Å². The minimum absolute atomic E-state index is 0.275. The van der Waals surface area contributed by atoms with E-state index in [2.05, 4.69) is 19.9 Å². The van der Waals surface area contributed by atoms with Gasteiger partial charge in [0.05, 0.1) is 5.52 Å². The highest BCUT2D eigenvalue weighted by Crippen LogP contribution is 2.12. The van der Waals surface area contributed by atoms with Crippen LogP contribution in [0.1, 0.15) is 20.3 Å². The lowest BCUT2D eigenvalue weighted by Crippen LogP contribution is -2.13. The molecule has 84 valence electrons. The molecule has 0 aliphatic carbocycles. The van der Waals surface area contributed by atoms with Gasteiger partial charge in [-0.3, -0.25) is 4.57 Å². The Labute approximate surface area is 94.0 Å². The summed E-state index contributed by atoms with van der Waals surface area (Å²) in [7, 11) is 0. The van der Waals surface area contributed by atoms with E-state index in [1.165, 1.54) is 5.57 Å². The molecule has 0 aliphatic heterocycles. The van der Waals surface area contributed by atoms with Crippen LogP contribution in [0.2, 0.25) is 0 Å². The molecule has 0 atom stereocenters. The number of hydrogen-bond acceptors (Lipinski definition) is 2. The fourth-order valence-corrected chi connectivity index (χ4v) is 1.71. The number of aryl methyl sites for hydroxylation is 1. The lowest BCUT2D eigenvalue weighted by Gasteiger charge is -1.98. The zero-order chi connectivity index (χ0) is 11.5. The van der Waals surface area contributed by atoms with Crippen LogP contribution in [0.4, 0.5) is 0 Å². The Bertz CT molecular complexity index is 571. The molecule has 0 amide bonds. The summed E-state index contributed by atoms with van der Waals surface area (Å²) in [6.07, 6.45) is 2.97. The third-order valence-electron chi connectivity index (χ3n) is 2.48. The van der Waals surface area contributed by atoms with E-state index in [-0.39, 0.29) is 5.76 Å². The Balaban J connectivity index is 2.33. The first-order chi connectivity index (χ1) is 7.68. The lowest BCUT2D eigenvalue weighted by atomic mass is 10.2. The van der Waals surface area contributed by atoms with Crippen molar-refractivity contribution in [1.29, 1.82) is 0 Å². The van der Waals surface area contributed by atoms with Crippen LogP contribution in [-0.2, 0) is 6.54 Å². The van der Waals surface area contributed by atoms with Gasteiger partial charge in [-0.15, -0.1) is 0 Å². The topological polar surface area (TPSA) is 35.1 Å². The highest BCUT2D eigenvalue weighted by atomic mass is 16.4. The number of benzene rings is 1. The second-order valence-electron chi connectivity index (χ2n) is 4.06. The molecule has 0 saturated carbocycles. The van der Waals surface area contributed by atoms with Crippen LogP contribution in [-0.4, -0.2) is 4.57 Å². The van der Waals surface area contributed by atoms with Gasteiger partial charge in [0.2, 0.25) is 0 Å². The second-order valence-corrected chi connectivity index (χ2v) is 4.06. The molecule has 16 heavy (non-hydrogen) atoms. The van der Waals surface area contributed by atoms with Crippen molar-refractivity contribution in [3.63, 3.8) is 0 Å². The van der Waals surface area contributed by atoms with Gasteiger partial charge in [-0.05, 0) is 32.4 Å². The molecule has 0 radical (unpaired) electrons. The van der Waals surface area contributed by atoms with E-state index in [1.54, 1.807) is 4.57 Å². The predicted molar refractivity (Wildman–Crippen MR) is 64.5 cm³/mol. The summed E-state index contributed by atoms with van der Waals surface area (Å²) < 4.78 is 6.82. The van der Waals surface area contributed by atoms with E-state index >= 15 is 0 Å². The highest BCUT2D eigenvalue weighted by Gasteiger charge is 2.06. The molecule has 0 unspecified atom stereocenters. The number of para-hydroxylation sites is 2. The summed E-state index contributed by atoms with van der Waals surface area (Å²) >= 11 is 0. The minimum Gasteiger partial charge on any atom is -0.408 e. The van der Waals surface area contributed by atoms with Crippen molar-refractivity contribution >= 4 is 11.1 Å². The van der Waals surface area contributed by atoms with Gasteiger partial charge in [-0.25, -0.2) is 4.79 Å². The molecule has 0 N–H and O–H groups in total.